The maximum absolute atomic E-state index is 10.6. The minimum atomic E-state index is -0.115. The molecule has 0 bridgehead atoms. The van der Waals surface area contributed by atoms with E-state index in [9.17, 15) is 5.11 Å². The lowest BCUT2D eigenvalue weighted by Crippen LogP contribution is -2.11. The molecule has 0 spiro atoms. The molecular weight excluding hydrogens is 306 g/mol. The number of nitrogens with zero attached hydrogens (tertiary/aromatic N) is 1. The number of aromatic hydroxyl groups is 1. The van der Waals surface area contributed by atoms with Crippen LogP contribution in [0, 0.1) is 0 Å². The molecule has 0 amide bonds. The number of rotatable bonds is 3. The van der Waals surface area contributed by atoms with Gasteiger partial charge in [-0.05, 0) is 28.7 Å². The van der Waals surface area contributed by atoms with Gasteiger partial charge in [0.25, 0.3) is 0 Å². The molecule has 0 heterocycles. The van der Waals surface area contributed by atoms with E-state index in [1.807, 2.05) is 54.6 Å². The third-order valence-corrected chi connectivity index (χ3v) is 4.21. The number of para-hydroxylation sites is 2. The highest BCUT2D eigenvalue weighted by Crippen LogP contribution is 2.33. The minimum Gasteiger partial charge on any atom is -0.507 e. The molecule has 0 unspecified atom stereocenters. The number of phenolic OH excluding ortho intramolecular Hbond substituents is 1. The Morgan fingerprint density at radius 2 is 1.48 bits per heavy atom. The van der Waals surface area contributed by atoms with E-state index in [2.05, 4.69) is 44.0 Å². The van der Waals surface area contributed by atoms with Gasteiger partial charge in [0.15, 0.2) is 0 Å². The first kappa shape index (κ1) is 17.0. The van der Waals surface area contributed by atoms with Crippen molar-refractivity contribution in [2.75, 3.05) is 0 Å². The highest BCUT2D eigenvalue weighted by Gasteiger charge is 2.19. The molecule has 0 saturated heterocycles. The first-order valence-corrected chi connectivity index (χ1v) is 8.48. The fourth-order valence-electron chi connectivity index (χ4n) is 2.86. The average Bonchev–Trinajstić information content (AvgIpc) is 2.61. The maximum atomic E-state index is 10.6. The second-order valence-corrected chi connectivity index (χ2v) is 7.13. The van der Waals surface area contributed by atoms with E-state index in [1.165, 1.54) is 0 Å². The van der Waals surface area contributed by atoms with Crippen LogP contribution in [0.4, 0.5) is 5.69 Å². The lowest BCUT2D eigenvalue weighted by Gasteiger charge is -2.21. The van der Waals surface area contributed by atoms with Crippen molar-refractivity contribution in [3.8, 4) is 16.9 Å². The van der Waals surface area contributed by atoms with Crippen LogP contribution >= 0.6 is 0 Å². The molecule has 2 nitrogen and oxygen atoms in total. The van der Waals surface area contributed by atoms with E-state index in [4.69, 9.17) is 0 Å². The van der Waals surface area contributed by atoms with Crippen molar-refractivity contribution in [2.24, 2.45) is 4.99 Å². The van der Waals surface area contributed by atoms with Crippen LogP contribution in [0.1, 0.15) is 31.9 Å². The van der Waals surface area contributed by atoms with Gasteiger partial charge in [-0.1, -0.05) is 81.4 Å². The maximum Gasteiger partial charge on any atom is 0.128 e. The normalized spacial score (nSPS) is 11.8. The van der Waals surface area contributed by atoms with Crippen molar-refractivity contribution in [1.29, 1.82) is 0 Å². The molecule has 0 radical (unpaired) electrons. The zero-order chi connectivity index (χ0) is 17.9. The molecule has 0 saturated carbocycles. The number of hydrogen-bond donors (Lipinski definition) is 1. The van der Waals surface area contributed by atoms with Crippen LogP contribution in [0.3, 0.4) is 0 Å². The van der Waals surface area contributed by atoms with E-state index in [0.717, 1.165) is 27.9 Å². The van der Waals surface area contributed by atoms with Crippen LogP contribution in [0.2, 0.25) is 0 Å². The molecule has 1 N–H and O–H groups in total. The molecule has 25 heavy (non-hydrogen) atoms. The molecule has 3 aromatic rings. The summed E-state index contributed by atoms with van der Waals surface area (Å²) in [4.78, 5) is 4.65. The largest absolute Gasteiger partial charge is 0.507 e. The smallest absolute Gasteiger partial charge is 0.128 e. The number of phenols is 1. The van der Waals surface area contributed by atoms with Gasteiger partial charge in [-0.3, -0.25) is 4.99 Å². The lowest BCUT2D eigenvalue weighted by molar-refractivity contribution is 0.446. The summed E-state index contributed by atoms with van der Waals surface area (Å²) in [6.07, 6.45) is 1.74. The second kappa shape index (κ2) is 6.94. The van der Waals surface area contributed by atoms with Gasteiger partial charge >= 0.3 is 0 Å². The minimum absolute atomic E-state index is 0.115. The molecule has 0 aliphatic heterocycles. The Morgan fingerprint density at radius 1 is 0.800 bits per heavy atom. The van der Waals surface area contributed by atoms with Gasteiger partial charge in [0, 0.05) is 17.3 Å². The summed E-state index contributed by atoms with van der Waals surface area (Å²) >= 11 is 0. The predicted molar refractivity (Wildman–Crippen MR) is 106 cm³/mol. The van der Waals surface area contributed by atoms with Gasteiger partial charge in [0.2, 0.25) is 0 Å². The SMILES string of the molecule is CC(C)(C)c1cccc(C=Nc2ccccc2-c2ccccc2)c1O. The lowest BCUT2D eigenvalue weighted by atomic mass is 9.85. The summed E-state index contributed by atoms with van der Waals surface area (Å²) in [6, 6.07) is 24.1. The van der Waals surface area contributed by atoms with Crippen LogP contribution in [0.5, 0.6) is 5.75 Å². The van der Waals surface area contributed by atoms with Gasteiger partial charge in [-0.25, -0.2) is 0 Å². The molecule has 0 atom stereocenters. The Bertz CT molecular complexity index is 889. The van der Waals surface area contributed by atoms with Crippen molar-refractivity contribution in [1.82, 2.24) is 0 Å². The van der Waals surface area contributed by atoms with Crippen LogP contribution in [0.25, 0.3) is 11.1 Å². The van der Waals surface area contributed by atoms with Crippen LogP contribution in [0.15, 0.2) is 77.8 Å². The summed E-state index contributed by atoms with van der Waals surface area (Å²) < 4.78 is 0. The van der Waals surface area contributed by atoms with Crippen molar-refractivity contribution in [3.63, 3.8) is 0 Å². The third-order valence-electron chi connectivity index (χ3n) is 4.21. The Hall–Kier alpha value is -2.87. The highest BCUT2D eigenvalue weighted by molar-refractivity contribution is 5.88. The first-order chi connectivity index (χ1) is 12.0. The zero-order valence-electron chi connectivity index (χ0n) is 14.9. The van der Waals surface area contributed by atoms with Gasteiger partial charge < -0.3 is 5.11 Å². The standard InChI is InChI=1S/C23H23NO/c1-23(2,3)20-14-9-12-18(22(20)25)16-24-21-15-8-7-13-19(21)17-10-5-4-6-11-17/h4-16,25H,1-3H3. The molecule has 3 rings (SSSR count). The molecular formula is C23H23NO. The number of hydrogen-bond acceptors (Lipinski definition) is 2. The Kier molecular flexibility index (Phi) is 4.71. The highest BCUT2D eigenvalue weighted by atomic mass is 16.3. The van der Waals surface area contributed by atoms with Crippen LogP contribution in [-0.4, -0.2) is 11.3 Å². The Morgan fingerprint density at radius 3 is 2.20 bits per heavy atom. The van der Waals surface area contributed by atoms with Gasteiger partial charge in [-0.15, -0.1) is 0 Å². The topological polar surface area (TPSA) is 32.6 Å². The predicted octanol–water partition coefficient (Wildman–Crippen LogP) is 6.11. The third kappa shape index (κ3) is 3.80. The molecule has 3 aromatic carbocycles. The van der Waals surface area contributed by atoms with E-state index >= 15 is 0 Å². The Labute approximate surface area is 149 Å². The van der Waals surface area contributed by atoms with Crippen molar-refractivity contribution >= 4 is 11.9 Å². The van der Waals surface area contributed by atoms with E-state index in [1.54, 1.807) is 6.21 Å². The number of benzene rings is 3. The van der Waals surface area contributed by atoms with Crippen molar-refractivity contribution in [3.05, 3.63) is 83.9 Å². The molecule has 126 valence electrons. The Balaban J connectivity index is 2.00. The van der Waals surface area contributed by atoms with E-state index in [0.29, 0.717) is 5.75 Å². The fourth-order valence-corrected chi connectivity index (χ4v) is 2.86. The van der Waals surface area contributed by atoms with E-state index < -0.39 is 0 Å². The van der Waals surface area contributed by atoms with Gasteiger partial charge in [-0.2, -0.15) is 0 Å². The molecule has 2 heteroatoms. The van der Waals surface area contributed by atoms with E-state index in [-0.39, 0.29) is 5.41 Å². The molecule has 0 fully saturated rings. The quantitative estimate of drug-likeness (QED) is 0.578. The molecule has 0 aromatic heterocycles. The van der Waals surface area contributed by atoms with Crippen molar-refractivity contribution < 1.29 is 5.11 Å². The summed E-state index contributed by atoms with van der Waals surface area (Å²) in [6.45, 7) is 6.27. The zero-order valence-corrected chi connectivity index (χ0v) is 14.9. The van der Waals surface area contributed by atoms with Crippen LogP contribution < -0.4 is 0 Å². The van der Waals surface area contributed by atoms with Gasteiger partial charge in [0.1, 0.15) is 5.75 Å². The fraction of sp³-hybridized carbons (Fsp3) is 0.174. The summed E-state index contributed by atoms with van der Waals surface area (Å²) in [5.74, 6) is 0.302. The molecule has 0 aliphatic carbocycles. The monoisotopic (exact) mass is 329 g/mol. The second-order valence-electron chi connectivity index (χ2n) is 7.13. The average molecular weight is 329 g/mol. The number of aliphatic imine (C=N–C) groups is 1. The van der Waals surface area contributed by atoms with Gasteiger partial charge in [0.05, 0.1) is 5.69 Å². The van der Waals surface area contributed by atoms with Crippen LogP contribution in [-0.2, 0) is 5.41 Å². The van der Waals surface area contributed by atoms with Crippen molar-refractivity contribution in [2.45, 2.75) is 26.2 Å². The summed E-state index contributed by atoms with van der Waals surface area (Å²) in [7, 11) is 0. The summed E-state index contributed by atoms with van der Waals surface area (Å²) in [5.41, 5.74) is 4.63. The first-order valence-electron chi connectivity index (χ1n) is 8.48. The summed E-state index contributed by atoms with van der Waals surface area (Å²) in [5, 5.41) is 10.6. The molecule has 0 aliphatic rings.